The number of hydrogen-bond acceptors (Lipinski definition) is 3. The van der Waals surface area contributed by atoms with Gasteiger partial charge in [-0.1, -0.05) is 361 Å². The van der Waals surface area contributed by atoms with Crippen molar-refractivity contribution in [2.75, 3.05) is 14.7 Å². The Labute approximate surface area is 725 Å². The summed E-state index contributed by atoms with van der Waals surface area (Å²) < 4.78 is 126. The van der Waals surface area contributed by atoms with Gasteiger partial charge in [-0.25, -0.2) is 0 Å². The maximum absolute atomic E-state index is 10.5. The SMILES string of the molecule is [2H]c1c([2H])c([2H])c(N(c2ccc(-n3c4c([2H])c([2H])c([2H])c([2H])c4c4c([2H])c([2H])c([2H])c([2H])c43)cc2)c2cc3c4c(c2)N(c2c(-c5ccccc5)cc(C(C)(C)C)cc2-c2ccccc2)c2cc(-c5cc(C(C)(C)C)cc(C(C)(C)C)c5)ccc2B4c2ccc(-c4cc(C(C)(C)C)cc(C(C)(C)C)c4)cc2N3c2c(-c3ccccc3)cc(C(C)(C)C)cc2-c2ccccc2)c([2H])c1[2H]. The molecule has 2 aliphatic rings. The monoisotopic (exact) mass is 1560 g/mol. The zero-order valence-electron chi connectivity index (χ0n) is 84.6. The molecule has 0 atom stereocenters. The van der Waals surface area contributed by atoms with Crippen LogP contribution in [0.4, 0.5) is 51.2 Å². The van der Waals surface area contributed by atoms with Crippen molar-refractivity contribution in [1.29, 1.82) is 0 Å². The van der Waals surface area contributed by atoms with Gasteiger partial charge in [0.05, 0.1) is 45.9 Å². The number of rotatable bonds is 12. The molecule has 2 aliphatic heterocycles. The van der Waals surface area contributed by atoms with Gasteiger partial charge >= 0.3 is 0 Å². The van der Waals surface area contributed by atoms with Crippen molar-refractivity contribution in [3.8, 4) is 72.4 Å². The molecule has 0 radical (unpaired) electrons. The smallest absolute Gasteiger partial charge is 0.252 e. The number of benzene rings is 15. The highest BCUT2D eigenvalue weighted by atomic mass is 15.2. The van der Waals surface area contributed by atoms with Crippen LogP contribution in [0.3, 0.4) is 0 Å². The Kier molecular flexibility index (Phi) is 15.7. The molecule has 1 aromatic heterocycles. The number of hydrogen-bond donors (Lipinski definition) is 0. The summed E-state index contributed by atoms with van der Waals surface area (Å²) in [5, 5.41) is -0.186. The molecule has 119 heavy (non-hydrogen) atoms. The molecule has 3 heterocycles. The van der Waals surface area contributed by atoms with E-state index in [1.165, 1.54) is 26.8 Å². The van der Waals surface area contributed by atoms with Crippen molar-refractivity contribution >= 4 is 96.1 Å². The standard InChI is InChI=1S/C114H109BN4/c1-109(2,3)82-60-80(61-83(66-82)110(4,5)6)78-52-58-98-102(64-78)118(107-94(74-38-24-19-25-39-74)68-86(113(13,14)15)69-95(107)75-40-26-20-27-41-75)104-72-91(116(88-46-32-23-33-47-88)89-54-56-90(57-55-89)117-100-50-36-34-48-92(100)93-49-35-37-51-101(93)117)73-105-106(104)115(98)99-59-53-79(81-62-84(111(7,8)9)67-85(63-81)112(10,11)12)65-103(99)119(105)108-96(76-42-28-21-29-43-76)70-87(114(16,17)18)71-97(108)77-44-30-22-31-45-77/h19-73H,1-18H3/i23D,32D,33D,34D,35D,36D,37D,46D,47D,48D,49D,50D,51D. The quantitative estimate of drug-likeness (QED) is 0.113. The van der Waals surface area contributed by atoms with Gasteiger partial charge in [0.15, 0.2) is 0 Å². The minimum Gasteiger partial charge on any atom is -0.310 e. The van der Waals surface area contributed by atoms with Crippen LogP contribution in [-0.2, 0) is 32.5 Å². The van der Waals surface area contributed by atoms with Crippen LogP contribution in [0.5, 0.6) is 0 Å². The maximum atomic E-state index is 10.5. The lowest BCUT2D eigenvalue weighted by atomic mass is 9.33. The second-order valence-electron chi connectivity index (χ2n) is 38.6. The van der Waals surface area contributed by atoms with Crippen LogP contribution in [0.25, 0.3) is 94.3 Å². The van der Waals surface area contributed by atoms with Gasteiger partial charge in [-0.3, -0.25) is 0 Å². The molecule has 588 valence electrons. The Morgan fingerprint density at radius 3 is 0.916 bits per heavy atom. The average Bonchev–Trinajstić information content (AvgIpc) is 0.771. The van der Waals surface area contributed by atoms with Crippen LogP contribution in [0, 0.1) is 0 Å². The number of nitrogens with zero attached hydrogens (tertiary/aromatic N) is 4. The maximum Gasteiger partial charge on any atom is 0.252 e. The second-order valence-corrected chi connectivity index (χ2v) is 38.6. The molecule has 0 N–H and O–H groups in total. The third-order valence-electron chi connectivity index (χ3n) is 24.2. The molecule has 0 bridgehead atoms. The fraction of sp³-hybridized carbons (Fsp3) is 0.211. The lowest BCUT2D eigenvalue weighted by Crippen LogP contribution is -2.61. The largest absolute Gasteiger partial charge is 0.310 e. The first-order chi connectivity index (χ1) is 62.2. The molecule has 4 nitrogen and oxygen atoms in total. The fourth-order valence-corrected chi connectivity index (χ4v) is 17.4. The van der Waals surface area contributed by atoms with Crippen molar-refractivity contribution < 1.29 is 17.8 Å². The van der Waals surface area contributed by atoms with Gasteiger partial charge in [0.25, 0.3) is 6.71 Å². The summed E-state index contributed by atoms with van der Waals surface area (Å²) >= 11 is 0. The van der Waals surface area contributed by atoms with E-state index >= 15 is 0 Å². The Bertz CT molecular complexity index is 6820. The lowest BCUT2D eigenvalue weighted by Gasteiger charge is -2.46. The molecule has 16 aromatic rings. The van der Waals surface area contributed by atoms with Gasteiger partial charge in [0.2, 0.25) is 0 Å². The van der Waals surface area contributed by atoms with Gasteiger partial charge in [-0.2, -0.15) is 0 Å². The summed E-state index contributed by atoms with van der Waals surface area (Å²) in [6.45, 7) is 40.2. The van der Waals surface area contributed by atoms with E-state index in [2.05, 4.69) is 365 Å². The van der Waals surface area contributed by atoms with E-state index in [-0.39, 0.29) is 60.5 Å². The van der Waals surface area contributed by atoms with Gasteiger partial charge < -0.3 is 19.3 Å². The van der Waals surface area contributed by atoms with Gasteiger partial charge in [0, 0.05) is 72.8 Å². The predicted molar refractivity (Wildman–Crippen MR) is 514 cm³/mol. The Morgan fingerprint density at radius 2 is 0.580 bits per heavy atom. The first kappa shape index (κ1) is 63.7. The first-order valence-electron chi connectivity index (χ1n) is 48.2. The van der Waals surface area contributed by atoms with Crippen molar-refractivity contribution in [2.24, 2.45) is 0 Å². The summed E-state index contributed by atoms with van der Waals surface area (Å²) in [6, 6.07) is 84.3. The normalized spacial score (nSPS) is 14.6. The van der Waals surface area contributed by atoms with Crippen LogP contribution in [0.2, 0.25) is 0 Å². The number of fused-ring (bicyclic) bond motifs is 7. The fourth-order valence-electron chi connectivity index (χ4n) is 17.4. The van der Waals surface area contributed by atoms with Crippen LogP contribution < -0.4 is 31.1 Å². The van der Waals surface area contributed by atoms with E-state index in [4.69, 9.17) is 5.48 Å². The van der Waals surface area contributed by atoms with E-state index in [1.807, 2.05) is 0 Å². The topological polar surface area (TPSA) is 14.7 Å². The Balaban J connectivity index is 1.08. The van der Waals surface area contributed by atoms with E-state index in [0.717, 1.165) is 117 Å². The Morgan fingerprint density at radius 1 is 0.261 bits per heavy atom. The first-order valence-corrected chi connectivity index (χ1v) is 41.7. The van der Waals surface area contributed by atoms with E-state index in [9.17, 15) is 12.3 Å². The van der Waals surface area contributed by atoms with E-state index in [0.29, 0.717) is 17.1 Å². The third-order valence-corrected chi connectivity index (χ3v) is 24.2. The summed E-state index contributed by atoms with van der Waals surface area (Å²) in [5.41, 5.74) is 24.9. The zero-order valence-corrected chi connectivity index (χ0v) is 71.6. The van der Waals surface area contributed by atoms with Gasteiger partial charge in [0.1, 0.15) is 0 Å². The molecular weight excluding hydrogens is 1440 g/mol. The van der Waals surface area contributed by atoms with Gasteiger partial charge in [-0.05, 0) is 224 Å². The molecule has 5 heteroatoms. The zero-order chi connectivity index (χ0) is 94.3. The van der Waals surface area contributed by atoms with Crippen molar-refractivity contribution in [2.45, 2.75) is 157 Å². The summed E-state index contributed by atoms with van der Waals surface area (Å²) in [7, 11) is 0. The number of para-hydroxylation sites is 3. The minimum absolute atomic E-state index is 0.0812. The molecule has 0 amide bonds. The molecule has 15 aromatic carbocycles. The molecule has 0 saturated heterocycles. The van der Waals surface area contributed by atoms with E-state index < -0.39 is 96.1 Å². The molecule has 18 rings (SSSR count). The Hall–Kier alpha value is -12.4. The molecule has 0 unspecified atom stereocenters. The summed E-state index contributed by atoms with van der Waals surface area (Å²) in [5.74, 6) is 0. The molecule has 0 saturated carbocycles. The summed E-state index contributed by atoms with van der Waals surface area (Å²) in [6.07, 6.45) is 0. The molecule has 0 fully saturated rings. The van der Waals surface area contributed by atoms with Gasteiger partial charge in [-0.15, -0.1) is 0 Å². The van der Waals surface area contributed by atoms with Crippen molar-refractivity contribution in [1.82, 2.24) is 4.57 Å². The van der Waals surface area contributed by atoms with Crippen LogP contribution in [0.1, 0.15) is 176 Å². The van der Waals surface area contributed by atoms with Crippen LogP contribution >= 0.6 is 0 Å². The van der Waals surface area contributed by atoms with Crippen LogP contribution in [0.15, 0.2) is 333 Å². The highest BCUT2D eigenvalue weighted by molar-refractivity contribution is 7.00. The lowest BCUT2D eigenvalue weighted by molar-refractivity contribution is 0.568. The van der Waals surface area contributed by atoms with Crippen molar-refractivity contribution in [3.63, 3.8) is 0 Å². The molecular formula is C114H109BN4. The predicted octanol–water partition coefficient (Wildman–Crippen LogP) is 30.1. The average molecular weight is 1560 g/mol. The third kappa shape index (κ3) is 14.3. The highest BCUT2D eigenvalue weighted by Gasteiger charge is 2.47. The minimum atomic E-state index is -0.600. The molecule has 0 aliphatic carbocycles. The summed E-state index contributed by atoms with van der Waals surface area (Å²) in [4.78, 5) is 6.71. The van der Waals surface area contributed by atoms with Crippen molar-refractivity contribution in [3.05, 3.63) is 367 Å². The second kappa shape index (κ2) is 29.3. The van der Waals surface area contributed by atoms with Crippen LogP contribution in [-0.4, -0.2) is 11.3 Å². The molecule has 0 spiro atoms. The highest BCUT2D eigenvalue weighted by Crippen LogP contribution is 2.57. The number of aromatic nitrogens is 1. The van der Waals surface area contributed by atoms with E-state index in [1.54, 1.807) is 29.2 Å². The number of anilines is 9.